The van der Waals surface area contributed by atoms with E-state index in [0.717, 1.165) is 47.8 Å². The van der Waals surface area contributed by atoms with Gasteiger partial charge >= 0.3 is 0 Å². The molecule has 0 atom stereocenters. The monoisotopic (exact) mass is 398 g/mol. The van der Waals surface area contributed by atoms with Crippen LogP contribution in [-0.2, 0) is 6.61 Å². The van der Waals surface area contributed by atoms with Crippen LogP contribution in [0.3, 0.4) is 0 Å². The Balaban J connectivity index is 1.40. The van der Waals surface area contributed by atoms with E-state index in [1.54, 1.807) is 0 Å². The number of aromatic nitrogens is 1. The van der Waals surface area contributed by atoms with Gasteiger partial charge in [-0.2, -0.15) is 0 Å². The van der Waals surface area contributed by atoms with Crippen LogP contribution in [0.2, 0.25) is 5.02 Å². The summed E-state index contributed by atoms with van der Waals surface area (Å²) in [5, 5.41) is 3.41. The molecule has 2 heterocycles. The zero-order valence-corrected chi connectivity index (χ0v) is 16.3. The molecule has 1 aromatic heterocycles. The lowest BCUT2D eigenvalue weighted by Gasteiger charge is -2.12. The molecule has 0 bridgehead atoms. The van der Waals surface area contributed by atoms with Gasteiger partial charge in [-0.25, -0.2) is 4.98 Å². The van der Waals surface area contributed by atoms with E-state index in [2.05, 4.69) is 4.98 Å². The number of benzene rings is 2. The molecule has 0 unspecified atom stereocenters. The van der Waals surface area contributed by atoms with Gasteiger partial charge in [-0.3, -0.25) is 4.79 Å². The number of likely N-dealkylation sites (tertiary alicyclic amines) is 1. The maximum atomic E-state index is 12.4. The summed E-state index contributed by atoms with van der Waals surface area (Å²) in [6.07, 6.45) is 2.17. The van der Waals surface area contributed by atoms with Crippen molar-refractivity contribution in [1.82, 2.24) is 9.88 Å². The minimum Gasteiger partial charge on any atom is -0.489 e. The molecule has 0 radical (unpaired) electrons. The van der Waals surface area contributed by atoms with Crippen LogP contribution >= 0.6 is 22.9 Å². The van der Waals surface area contributed by atoms with E-state index in [1.165, 1.54) is 11.3 Å². The summed E-state index contributed by atoms with van der Waals surface area (Å²) in [5.74, 6) is 0.830. The summed E-state index contributed by atoms with van der Waals surface area (Å²) >= 11 is 7.39. The fraction of sp³-hybridized carbons (Fsp3) is 0.238. The van der Waals surface area contributed by atoms with E-state index in [-0.39, 0.29) is 5.91 Å². The van der Waals surface area contributed by atoms with E-state index in [4.69, 9.17) is 16.3 Å². The minimum absolute atomic E-state index is 0.0397. The van der Waals surface area contributed by atoms with Crippen LogP contribution in [0.25, 0.3) is 10.6 Å². The van der Waals surface area contributed by atoms with Crippen molar-refractivity contribution in [3.63, 3.8) is 0 Å². The third-order valence-corrected chi connectivity index (χ3v) is 5.68. The Kier molecular flexibility index (Phi) is 5.41. The number of thiazole rings is 1. The SMILES string of the molecule is O=C(c1csc(-c2ccc(OCc3ccc(Cl)cc3)cc2)n1)N1CCCC1. The van der Waals surface area contributed by atoms with Crippen LogP contribution in [0.5, 0.6) is 5.75 Å². The minimum atomic E-state index is 0.0397. The number of hydrogen-bond donors (Lipinski definition) is 0. The Morgan fingerprint density at radius 2 is 1.78 bits per heavy atom. The van der Waals surface area contributed by atoms with Gasteiger partial charge in [0, 0.05) is 29.1 Å². The van der Waals surface area contributed by atoms with Crippen LogP contribution in [0.1, 0.15) is 28.9 Å². The molecule has 1 saturated heterocycles. The molecular weight excluding hydrogens is 380 g/mol. The Morgan fingerprint density at radius 1 is 1.07 bits per heavy atom. The number of amides is 1. The van der Waals surface area contributed by atoms with Crippen LogP contribution in [0.4, 0.5) is 0 Å². The second-order valence-electron chi connectivity index (χ2n) is 6.48. The summed E-state index contributed by atoms with van der Waals surface area (Å²) in [6.45, 7) is 2.17. The fourth-order valence-electron chi connectivity index (χ4n) is 3.03. The molecule has 0 aliphatic carbocycles. The van der Waals surface area contributed by atoms with Crippen molar-refractivity contribution in [3.8, 4) is 16.3 Å². The van der Waals surface area contributed by atoms with Crippen molar-refractivity contribution in [2.45, 2.75) is 19.4 Å². The van der Waals surface area contributed by atoms with Crippen molar-refractivity contribution >= 4 is 28.8 Å². The van der Waals surface area contributed by atoms with Gasteiger partial charge < -0.3 is 9.64 Å². The molecule has 1 fully saturated rings. The van der Waals surface area contributed by atoms with Crippen LogP contribution in [0.15, 0.2) is 53.9 Å². The number of ether oxygens (including phenoxy) is 1. The van der Waals surface area contributed by atoms with Crippen molar-refractivity contribution in [2.24, 2.45) is 0 Å². The van der Waals surface area contributed by atoms with Crippen molar-refractivity contribution in [2.75, 3.05) is 13.1 Å². The van der Waals surface area contributed by atoms with Crippen molar-refractivity contribution < 1.29 is 9.53 Å². The molecule has 3 aromatic rings. The molecule has 1 aliphatic heterocycles. The highest BCUT2D eigenvalue weighted by molar-refractivity contribution is 7.13. The molecular formula is C21H19ClN2O2S. The van der Waals surface area contributed by atoms with E-state index in [1.807, 2.05) is 58.8 Å². The first-order valence-electron chi connectivity index (χ1n) is 8.91. The van der Waals surface area contributed by atoms with E-state index in [9.17, 15) is 4.79 Å². The van der Waals surface area contributed by atoms with Crippen molar-refractivity contribution in [1.29, 1.82) is 0 Å². The van der Waals surface area contributed by atoms with E-state index in [0.29, 0.717) is 17.3 Å². The molecule has 0 N–H and O–H groups in total. The highest BCUT2D eigenvalue weighted by Gasteiger charge is 2.21. The second kappa shape index (κ2) is 8.11. The number of halogens is 1. The average molecular weight is 399 g/mol. The lowest BCUT2D eigenvalue weighted by molar-refractivity contribution is 0.0788. The van der Waals surface area contributed by atoms with Gasteiger partial charge in [0.25, 0.3) is 5.91 Å². The fourth-order valence-corrected chi connectivity index (χ4v) is 3.95. The van der Waals surface area contributed by atoms with Crippen LogP contribution < -0.4 is 4.74 Å². The standard InChI is InChI=1S/C21H19ClN2O2S/c22-17-7-3-15(4-8-17)13-26-18-9-5-16(6-10-18)20-23-19(14-27-20)21(25)24-11-1-2-12-24/h3-10,14H,1-2,11-13H2. The number of hydrogen-bond acceptors (Lipinski definition) is 4. The molecule has 4 rings (SSSR count). The topological polar surface area (TPSA) is 42.4 Å². The van der Waals surface area contributed by atoms with Crippen LogP contribution in [-0.4, -0.2) is 28.9 Å². The van der Waals surface area contributed by atoms with Gasteiger partial charge in [-0.05, 0) is 54.8 Å². The summed E-state index contributed by atoms with van der Waals surface area (Å²) in [7, 11) is 0. The average Bonchev–Trinajstić information content (AvgIpc) is 3.40. The van der Waals surface area contributed by atoms with E-state index >= 15 is 0 Å². The van der Waals surface area contributed by atoms with E-state index < -0.39 is 0 Å². The molecule has 4 nitrogen and oxygen atoms in total. The normalized spacial score (nSPS) is 13.7. The Hall–Kier alpha value is -2.37. The first-order valence-corrected chi connectivity index (χ1v) is 10.2. The van der Waals surface area contributed by atoms with Crippen molar-refractivity contribution in [3.05, 3.63) is 70.2 Å². The Bertz CT molecular complexity index is 916. The summed E-state index contributed by atoms with van der Waals surface area (Å²) < 4.78 is 5.81. The largest absolute Gasteiger partial charge is 0.489 e. The van der Waals surface area contributed by atoms with Crippen LogP contribution in [0, 0.1) is 0 Å². The van der Waals surface area contributed by atoms with Gasteiger partial charge in [0.05, 0.1) is 0 Å². The predicted molar refractivity (Wildman–Crippen MR) is 108 cm³/mol. The first-order chi connectivity index (χ1) is 13.2. The zero-order chi connectivity index (χ0) is 18.6. The maximum absolute atomic E-state index is 12.4. The van der Waals surface area contributed by atoms with Gasteiger partial charge in [0.15, 0.2) is 0 Å². The molecule has 6 heteroatoms. The molecule has 138 valence electrons. The molecule has 2 aromatic carbocycles. The number of rotatable bonds is 5. The number of carbonyl (C=O) groups excluding carboxylic acids is 1. The third-order valence-electron chi connectivity index (χ3n) is 4.54. The molecule has 27 heavy (non-hydrogen) atoms. The first kappa shape index (κ1) is 18.0. The molecule has 0 saturated carbocycles. The lowest BCUT2D eigenvalue weighted by atomic mass is 10.2. The quantitative estimate of drug-likeness (QED) is 0.587. The third kappa shape index (κ3) is 4.31. The summed E-state index contributed by atoms with van der Waals surface area (Å²) in [6, 6.07) is 15.4. The summed E-state index contributed by atoms with van der Waals surface area (Å²) in [5.41, 5.74) is 2.59. The highest BCUT2D eigenvalue weighted by atomic mass is 35.5. The summed E-state index contributed by atoms with van der Waals surface area (Å²) in [4.78, 5) is 18.8. The van der Waals surface area contributed by atoms with Gasteiger partial charge in [0.1, 0.15) is 23.1 Å². The van der Waals surface area contributed by atoms with Gasteiger partial charge in [-0.1, -0.05) is 23.7 Å². The zero-order valence-electron chi connectivity index (χ0n) is 14.7. The number of nitrogens with zero attached hydrogens (tertiary/aromatic N) is 2. The molecule has 1 aliphatic rings. The maximum Gasteiger partial charge on any atom is 0.273 e. The Morgan fingerprint density at radius 3 is 2.48 bits per heavy atom. The molecule has 0 spiro atoms. The van der Waals surface area contributed by atoms with Gasteiger partial charge in [0.2, 0.25) is 0 Å². The Labute approximate surface area is 167 Å². The smallest absolute Gasteiger partial charge is 0.273 e. The second-order valence-corrected chi connectivity index (χ2v) is 7.77. The molecule has 1 amide bonds. The van der Waals surface area contributed by atoms with Gasteiger partial charge in [-0.15, -0.1) is 11.3 Å². The highest BCUT2D eigenvalue weighted by Crippen LogP contribution is 2.27. The lowest BCUT2D eigenvalue weighted by Crippen LogP contribution is -2.27. The predicted octanol–water partition coefficient (Wildman–Crippen LogP) is 5.28. The number of carbonyl (C=O) groups is 1.